The summed E-state index contributed by atoms with van der Waals surface area (Å²) in [7, 11) is 0. The summed E-state index contributed by atoms with van der Waals surface area (Å²) in [6, 6.07) is 12.1. The quantitative estimate of drug-likeness (QED) is 0.704. The van der Waals surface area contributed by atoms with Gasteiger partial charge in [-0.25, -0.2) is 9.67 Å². The fourth-order valence-electron chi connectivity index (χ4n) is 3.15. The second kappa shape index (κ2) is 7.39. The summed E-state index contributed by atoms with van der Waals surface area (Å²) in [5.41, 5.74) is 3.11. The molecule has 0 N–H and O–H groups in total. The number of ether oxygens (including phenoxy) is 2. The molecule has 7 heteroatoms. The van der Waals surface area contributed by atoms with Crippen molar-refractivity contribution in [2.75, 3.05) is 19.8 Å². The number of nitrogens with zero attached hydrogens (tertiary/aromatic N) is 5. The lowest BCUT2D eigenvalue weighted by Gasteiger charge is -2.23. The molecule has 0 unspecified atom stereocenters. The minimum atomic E-state index is -0.00622. The molecule has 0 saturated carbocycles. The third kappa shape index (κ3) is 3.68. The Kier molecular flexibility index (Phi) is 4.81. The third-order valence-electron chi connectivity index (χ3n) is 4.44. The fraction of sp³-hybridized carbons (Fsp3) is 0.421. The van der Waals surface area contributed by atoms with Crippen molar-refractivity contribution in [1.29, 1.82) is 0 Å². The predicted octanol–water partition coefficient (Wildman–Crippen LogP) is 2.22. The van der Waals surface area contributed by atoms with E-state index in [0.29, 0.717) is 32.9 Å². The van der Waals surface area contributed by atoms with Gasteiger partial charge in [0, 0.05) is 11.3 Å². The van der Waals surface area contributed by atoms with Crippen LogP contribution in [0.1, 0.15) is 17.2 Å². The highest BCUT2D eigenvalue weighted by molar-refractivity contribution is 5.54. The molecule has 1 saturated heterocycles. The van der Waals surface area contributed by atoms with Crippen LogP contribution in [0.4, 0.5) is 0 Å². The Balaban J connectivity index is 1.65. The highest BCUT2D eigenvalue weighted by Gasteiger charge is 2.20. The van der Waals surface area contributed by atoms with Crippen LogP contribution < -0.4 is 0 Å². The second-order valence-corrected chi connectivity index (χ2v) is 6.55. The highest BCUT2D eigenvalue weighted by atomic mass is 16.6. The zero-order valence-electron chi connectivity index (χ0n) is 15.1. The van der Waals surface area contributed by atoms with E-state index in [1.807, 2.05) is 46.6 Å². The Bertz CT molecular complexity index is 865. The summed E-state index contributed by atoms with van der Waals surface area (Å²) in [6.07, 6.45) is -0.00622. The molecule has 4 rings (SSSR count). The molecule has 1 fully saturated rings. The number of aromatic nitrogens is 5. The van der Waals surface area contributed by atoms with Crippen LogP contribution >= 0.6 is 0 Å². The average Bonchev–Trinajstić information content (AvgIpc) is 3.19. The molecule has 1 aromatic carbocycles. The second-order valence-electron chi connectivity index (χ2n) is 6.55. The topological polar surface area (TPSA) is 67.0 Å². The molecule has 7 nitrogen and oxygen atoms in total. The normalized spacial score (nSPS) is 17.5. The summed E-state index contributed by atoms with van der Waals surface area (Å²) < 4.78 is 15.2. The standard InChI is InChI=1S/C19H23N5O2/c1-14-10-15(2)23(21-14)12-18-20-19(16-6-4-3-5-7-16)22-24(18)11-17-13-25-8-9-26-17/h3-7,10,17H,8-9,11-13H2,1-2H3/t17-/m1/s1. The van der Waals surface area contributed by atoms with Gasteiger partial charge in [0.2, 0.25) is 0 Å². The van der Waals surface area contributed by atoms with Crippen LogP contribution in [0, 0.1) is 13.8 Å². The molecule has 0 aliphatic carbocycles. The first-order valence-electron chi connectivity index (χ1n) is 8.88. The molecule has 2 aromatic heterocycles. The first-order chi connectivity index (χ1) is 12.7. The van der Waals surface area contributed by atoms with Crippen LogP contribution in [-0.4, -0.2) is 50.5 Å². The van der Waals surface area contributed by atoms with E-state index in [0.717, 1.165) is 28.6 Å². The molecule has 26 heavy (non-hydrogen) atoms. The lowest BCUT2D eigenvalue weighted by atomic mass is 10.2. The largest absolute Gasteiger partial charge is 0.376 e. The van der Waals surface area contributed by atoms with Gasteiger partial charge in [0.05, 0.1) is 32.1 Å². The number of benzene rings is 1. The van der Waals surface area contributed by atoms with Crippen molar-refractivity contribution >= 4 is 0 Å². The predicted molar refractivity (Wildman–Crippen MR) is 96.8 cm³/mol. The van der Waals surface area contributed by atoms with E-state index in [1.54, 1.807) is 0 Å². The van der Waals surface area contributed by atoms with E-state index in [4.69, 9.17) is 19.6 Å². The molecular weight excluding hydrogens is 330 g/mol. The third-order valence-corrected chi connectivity index (χ3v) is 4.44. The average molecular weight is 353 g/mol. The van der Waals surface area contributed by atoms with Gasteiger partial charge in [0.1, 0.15) is 18.5 Å². The maximum atomic E-state index is 5.79. The fourth-order valence-corrected chi connectivity index (χ4v) is 3.15. The summed E-state index contributed by atoms with van der Waals surface area (Å²) in [4.78, 5) is 4.79. The summed E-state index contributed by atoms with van der Waals surface area (Å²) in [5.74, 6) is 1.59. The van der Waals surface area contributed by atoms with Crippen LogP contribution in [0.25, 0.3) is 11.4 Å². The molecule has 3 heterocycles. The van der Waals surface area contributed by atoms with Gasteiger partial charge < -0.3 is 9.47 Å². The summed E-state index contributed by atoms with van der Waals surface area (Å²) in [5, 5.41) is 9.29. The molecule has 0 bridgehead atoms. The summed E-state index contributed by atoms with van der Waals surface area (Å²) in [6.45, 7) is 7.11. The molecular formula is C19H23N5O2. The van der Waals surface area contributed by atoms with Crippen molar-refractivity contribution in [1.82, 2.24) is 24.5 Å². The number of aryl methyl sites for hydroxylation is 2. The first-order valence-corrected chi connectivity index (χ1v) is 8.88. The smallest absolute Gasteiger partial charge is 0.181 e. The van der Waals surface area contributed by atoms with E-state index >= 15 is 0 Å². The SMILES string of the molecule is Cc1cc(C)n(Cc2nc(-c3ccccc3)nn2C[C@@H]2COCCO2)n1. The number of hydrogen-bond donors (Lipinski definition) is 0. The molecule has 1 aliphatic rings. The first kappa shape index (κ1) is 16.9. The van der Waals surface area contributed by atoms with Crippen LogP contribution in [-0.2, 0) is 22.6 Å². The molecule has 1 atom stereocenters. The monoisotopic (exact) mass is 353 g/mol. The Labute approximate surface area is 152 Å². The van der Waals surface area contributed by atoms with E-state index in [1.165, 1.54) is 0 Å². The minimum Gasteiger partial charge on any atom is -0.376 e. The Morgan fingerprint density at radius 3 is 2.62 bits per heavy atom. The maximum absolute atomic E-state index is 5.79. The number of rotatable bonds is 5. The van der Waals surface area contributed by atoms with Crippen LogP contribution in [0.5, 0.6) is 0 Å². The van der Waals surface area contributed by atoms with E-state index in [2.05, 4.69) is 18.1 Å². The molecule has 3 aromatic rings. The van der Waals surface area contributed by atoms with E-state index < -0.39 is 0 Å². The van der Waals surface area contributed by atoms with Crippen molar-refractivity contribution in [3.05, 3.63) is 53.6 Å². The van der Waals surface area contributed by atoms with Gasteiger partial charge in [0.25, 0.3) is 0 Å². The van der Waals surface area contributed by atoms with Crippen LogP contribution in [0.3, 0.4) is 0 Å². The van der Waals surface area contributed by atoms with E-state index in [9.17, 15) is 0 Å². The van der Waals surface area contributed by atoms with Crippen molar-refractivity contribution in [2.24, 2.45) is 0 Å². The molecule has 0 radical (unpaired) electrons. The minimum absolute atomic E-state index is 0.00622. The van der Waals surface area contributed by atoms with Crippen LogP contribution in [0.15, 0.2) is 36.4 Å². The van der Waals surface area contributed by atoms with Crippen LogP contribution in [0.2, 0.25) is 0 Å². The Hall–Kier alpha value is -2.51. The molecule has 1 aliphatic heterocycles. The molecule has 0 spiro atoms. The number of hydrogen-bond acceptors (Lipinski definition) is 5. The maximum Gasteiger partial charge on any atom is 0.181 e. The molecule has 136 valence electrons. The van der Waals surface area contributed by atoms with Gasteiger partial charge in [-0.2, -0.15) is 10.2 Å². The van der Waals surface area contributed by atoms with Gasteiger partial charge in [-0.05, 0) is 19.9 Å². The highest BCUT2D eigenvalue weighted by Crippen LogP contribution is 2.17. The van der Waals surface area contributed by atoms with Gasteiger partial charge in [-0.1, -0.05) is 30.3 Å². The van der Waals surface area contributed by atoms with Crippen molar-refractivity contribution in [3.8, 4) is 11.4 Å². The molecule has 0 amide bonds. The van der Waals surface area contributed by atoms with Crippen molar-refractivity contribution < 1.29 is 9.47 Å². The van der Waals surface area contributed by atoms with Crippen molar-refractivity contribution in [3.63, 3.8) is 0 Å². The van der Waals surface area contributed by atoms with Gasteiger partial charge in [0.15, 0.2) is 5.82 Å². The lowest BCUT2D eigenvalue weighted by Crippen LogP contribution is -2.33. The lowest BCUT2D eigenvalue weighted by molar-refractivity contribution is -0.0949. The zero-order chi connectivity index (χ0) is 17.9. The Morgan fingerprint density at radius 2 is 1.92 bits per heavy atom. The van der Waals surface area contributed by atoms with E-state index in [-0.39, 0.29) is 6.10 Å². The summed E-state index contributed by atoms with van der Waals surface area (Å²) >= 11 is 0. The van der Waals surface area contributed by atoms with Gasteiger partial charge in [-0.15, -0.1) is 0 Å². The van der Waals surface area contributed by atoms with Gasteiger partial charge >= 0.3 is 0 Å². The van der Waals surface area contributed by atoms with Gasteiger partial charge in [-0.3, -0.25) is 4.68 Å². The zero-order valence-corrected chi connectivity index (χ0v) is 15.1. The van der Waals surface area contributed by atoms with Crippen molar-refractivity contribution in [2.45, 2.75) is 33.0 Å². The Morgan fingerprint density at radius 1 is 1.08 bits per heavy atom.